The molecular weight excluding hydrogens is 382 g/mol. The number of nitro benzene ring substituents is 1. The molecule has 0 aliphatic rings. The summed E-state index contributed by atoms with van der Waals surface area (Å²) in [5.41, 5.74) is -1.84. The first-order valence-corrected chi connectivity index (χ1v) is 7.59. The number of nitrogens with zero attached hydrogens (tertiary/aromatic N) is 1. The van der Waals surface area contributed by atoms with E-state index in [4.69, 9.17) is 14.2 Å². The Balaban J connectivity index is 2.16. The number of hydrogen-bond donors (Lipinski definition) is 1. The van der Waals surface area contributed by atoms with E-state index in [9.17, 15) is 28.5 Å². The SMILES string of the molecule is COc1cc(C(=O)OCC(=O)Nc2c(F)cccc2F)c([N+](=O)[O-])cc1OC. The molecule has 28 heavy (non-hydrogen) atoms. The summed E-state index contributed by atoms with van der Waals surface area (Å²) in [6.07, 6.45) is 0. The van der Waals surface area contributed by atoms with Gasteiger partial charge in [0.15, 0.2) is 18.1 Å². The normalized spacial score (nSPS) is 10.1. The van der Waals surface area contributed by atoms with Crippen molar-refractivity contribution in [2.24, 2.45) is 0 Å². The number of hydrogen-bond acceptors (Lipinski definition) is 7. The van der Waals surface area contributed by atoms with E-state index >= 15 is 0 Å². The van der Waals surface area contributed by atoms with Gasteiger partial charge in [0.05, 0.1) is 25.2 Å². The molecule has 0 aromatic heterocycles. The topological polar surface area (TPSA) is 117 Å². The first kappa shape index (κ1) is 20.6. The van der Waals surface area contributed by atoms with E-state index in [0.29, 0.717) is 0 Å². The van der Waals surface area contributed by atoms with Crippen molar-refractivity contribution in [1.29, 1.82) is 0 Å². The van der Waals surface area contributed by atoms with Crippen molar-refractivity contribution < 1.29 is 37.5 Å². The highest BCUT2D eigenvalue weighted by atomic mass is 19.1. The van der Waals surface area contributed by atoms with E-state index in [1.807, 2.05) is 5.32 Å². The van der Waals surface area contributed by atoms with Crippen LogP contribution < -0.4 is 14.8 Å². The molecule has 0 aliphatic heterocycles. The van der Waals surface area contributed by atoms with Gasteiger partial charge in [-0.1, -0.05) is 6.07 Å². The molecule has 1 N–H and O–H groups in total. The van der Waals surface area contributed by atoms with E-state index < -0.39 is 52.0 Å². The second-order valence-electron chi connectivity index (χ2n) is 5.20. The Kier molecular flexibility index (Phi) is 6.42. The van der Waals surface area contributed by atoms with Gasteiger partial charge in [-0.05, 0) is 12.1 Å². The van der Waals surface area contributed by atoms with E-state index in [2.05, 4.69) is 0 Å². The zero-order chi connectivity index (χ0) is 20.8. The second-order valence-corrected chi connectivity index (χ2v) is 5.20. The van der Waals surface area contributed by atoms with Crippen LogP contribution in [0.4, 0.5) is 20.2 Å². The Morgan fingerprint density at radius 2 is 1.68 bits per heavy atom. The Labute approximate surface area is 157 Å². The van der Waals surface area contributed by atoms with Crippen molar-refractivity contribution in [1.82, 2.24) is 0 Å². The number of nitrogens with one attached hydrogen (secondary N) is 1. The molecule has 0 saturated carbocycles. The number of methoxy groups -OCH3 is 2. The fraction of sp³-hybridized carbons (Fsp3) is 0.176. The highest BCUT2D eigenvalue weighted by Gasteiger charge is 2.26. The lowest BCUT2D eigenvalue weighted by atomic mass is 10.1. The van der Waals surface area contributed by atoms with Crippen molar-refractivity contribution in [3.05, 3.63) is 57.6 Å². The lowest BCUT2D eigenvalue weighted by Gasteiger charge is -2.11. The number of para-hydroxylation sites is 1. The number of carbonyl (C=O) groups excluding carboxylic acids is 2. The van der Waals surface area contributed by atoms with Gasteiger partial charge >= 0.3 is 5.97 Å². The Morgan fingerprint density at radius 3 is 2.21 bits per heavy atom. The predicted octanol–water partition coefficient (Wildman–Crippen LogP) is 2.69. The van der Waals surface area contributed by atoms with Gasteiger partial charge in [-0.2, -0.15) is 0 Å². The number of halogens is 2. The number of carbonyl (C=O) groups is 2. The molecule has 0 spiro atoms. The number of ether oxygens (including phenoxy) is 3. The lowest BCUT2D eigenvalue weighted by Crippen LogP contribution is -2.22. The zero-order valence-electron chi connectivity index (χ0n) is 14.7. The van der Waals surface area contributed by atoms with Crippen LogP contribution in [0.2, 0.25) is 0 Å². The van der Waals surface area contributed by atoms with Gasteiger partial charge in [0.2, 0.25) is 0 Å². The average molecular weight is 396 g/mol. The van der Waals surface area contributed by atoms with Crippen LogP contribution in [0, 0.1) is 21.7 Å². The number of esters is 1. The first-order chi connectivity index (χ1) is 13.3. The van der Waals surface area contributed by atoms with Gasteiger partial charge < -0.3 is 19.5 Å². The van der Waals surface area contributed by atoms with Gasteiger partial charge in [0.25, 0.3) is 11.6 Å². The molecule has 2 aromatic rings. The van der Waals surface area contributed by atoms with E-state index in [0.717, 1.165) is 30.3 Å². The molecule has 1 amide bonds. The Bertz CT molecular complexity index is 914. The second kappa shape index (κ2) is 8.75. The summed E-state index contributed by atoms with van der Waals surface area (Å²) in [5, 5.41) is 13.1. The standard InChI is InChI=1S/C17H14F2N2O7/c1-26-13-6-9(12(21(24)25)7-14(13)27-2)17(23)28-8-15(22)20-16-10(18)4-3-5-11(16)19/h3-7H,8H2,1-2H3,(H,20,22). The molecule has 0 bridgehead atoms. The van der Waals surface area contributed by atoms with Crippen LogP contribution in [0.5, 0.6) is 11.5 Å². The van der Waals surface area contributed by atoms with Crippen LogP contribution in [-0.2, 0) is 9.53 Å². The minimum Gasteiger partial charge on any atom is -0.493 e. The molecule has 2 rings (SSSR count). The number of anilines is 1. The number of amides is 1. The molecular formula is C17H14F2N2O7. The molecule has 2 aromatic carbocycles. The van der Waals surface area contributed by atoms with Crippen molar-refractivity contribution in [2.45, 2.75) is 0 Å². The molecule has 0 heterocycles. The predicted molar refractivity (Wildman–Crippen MR) is 91.5 cm³/mol. The van der Waals surface area contributed by atoms with Crippen molar-refractivity contribution >= 4 is 23.3 Å². The fourth-order valence-electron chi connectivity index (χ4n) is 2.18. The molecule has 0 radical (unpaired) electrons. The summed E-state index contributed by atoms with van der Waals surface area (Å²) < 4.78 is 41.6. The molecule has 0 aliphatic carbocycles. The summed E-state index contributed by atoms with van der Waals surface area (Å²) in [5.74, 6) is -4.25. The minimum absolute atomic E-state index is 0.0125. The van der Waals surface area contributed by atoms with Crippen LogP contribution in [0.3, 0.4) is 0 Å². The Morgan fingerprint density at radius 1 is 1.11 bits per heavy atom. The summed E-state index contributed by atoms with van der Waals surface area (Å²) in [4.78, 5) is 34.3. The summed E-state index contributed by atoms with van der Waals surface area (Å²) in [6.45, 7) is -0.932. The van der Waals surface area contributed by atoms with E-state index in [-0.39, 0.29) is 11.5 Å². The number of rotatable bonds is 7. The van der Waals surface area contributed by atoms with E-state index in [1.54, 1.807) is 0 Å². The number of benzene rings is 2. The highest BCUT2D eigenvalue weighted by molar-refractivity contribution is 5.98. The smallest absolute Gasteiger partial charge is 0.345 e. The monoisotopic (exact) mass is 396 g/mol. The van der Waals surface area contributed by atoms with Crippen molar-refractivity contribution in [3.63, 3.8) is 0 Å². The minimum atomic E-state index is -1.21. The van der Waals surface area contributed by atoms with Gasteiger partial charge in [0, 0.05) is 6.07 Å². The van der Waals surface area contributed by atoms with Gasteiger partial charge in [-0.15, -0.1) is 0 Å². The van der Waals surface area contributed by atoms with Gasteiger partial charge in [-0.25, -0.2) is 13.6 Å². The maximum absolute atomic E-state index is 13.5. The van der Waals surface area contributed by atoms with Crippen molar-refractivity contribution in [3.8, 4) is 11.5 Å². The first-order valence-electron chi connectivity index (χ1n) is 7.59. The molecule has 0 saturated heterocycles. The molecule has 0 fully saturated rings. The van der Waals surface area contributed by atoms with Gasteiger partial charge in [0.1, 0.15) is 22.9 Å². The van der Waals surface area contributed by atoms with E-state index in [1.165, 1.54) is 14.2 Å². The summed E-state index contributed by atoms with van der Waals surface area (Å²) in [7, 11) is 2.51. The molecule has 0 atom stereocenters. The molecule has 9 nitrogen and oxygen atoms in total. The Hall–Kier alpha value is -3.76. The maximum Gasteiger partial charge on any atom is 0.345 e. The van der Waals surface area contributed by atoms with Crippen LogP contribution in [0.15, 0.2) is 30.3 Å². The molecule has 148 valence electrons. The average Bonchev–Trinajstić information content (AvgIpc) is 2.67. The largest absolute Gasteiger partial charge is 0.493 e. The fourth-order valence-corrected chi connectivity index (χ4v) is 2.18. The zero-order valence-corrected chi connectivity index (χ0v) is 14.7. The third-order valence-electron chi connectivity index (χ3n) is 3.48. The van der Waals surface area contributed by atoms with Crippen LogP contribution in [0.1, 0.15) is 10.4 Å². The summed E-state index contributed by atoms with van der Waals surface area (Å²) >= 11 is 0. The highest BCUT2D eigenvalue weighted by Crippen LogP contribution is 2.34. The molecule has 0 unspecified atom stereocenters. The van der Waals surface area contributed by atoms with Crippen molar-refractivity contribution in [2.75, 3.05) is 26.1 Å². The van der Waals surface area contributed by atoms with Crippen LogP contribution in [0.25, 0.3) is 0 Å². The third kappa shape index (κ3) is 4.50. The quantitative estimate of drug-likeness (QED) is 0.434. The van der Waals surface area contributed by atoms with Crippen LogP contribution >= 0.6 is 0 Å². The van der Waals surface area contributed by atoms with Crippen LogP contribution in [-0.4, -0.2) is 37.6 Å². The number of nitro groups is 1. The third-order valence-corrected chi connectivity index (χ3v) is 3.48. The summed E-state index contributed by atoms with van der Waals surface area (Å²) in [6, 6.07) is 4.95. The van der Waals surface area contributed by atoms with Gasteiger partial charge in [-0.3, -0.25) is 14.9 Å². The lowest BCUT2D eigenvalue weighted by molar-refractivity contribution is -0.385. The molecule has 11 heteroatoms. The maximum atomic E-state index is 13.5.